The molecule has 30 heavy (non-hydrogen) atoms. The SMILES string of the molecule is CCCCCCCCOc1ccc(C(=O)Oc2ccc(-c3cc[c]cc3)cc2)cc1. The normalized spacial score (nSPS) is 10.6. The third kappa shape index (κ3) is 6.77. The monoisotopic (exact) mass is 401 g/mol. The van der Waals surface area contributed by atoms with Crippen LogP contribution in [0.1, 0.15) is 55.8 Å². The first-order valence-electron chi connectivity index (χ1n) is 10.8. The predicted molar refractivity (Wildman–Crippen MR) is 121 cm³/mol. The van der Waals surface area contributed by atoms with Crippen molar-refractivity contribution in [1.82, 2.24) is 0 Å². The van der Waals surface area contributed by atoms with Gasteiger partial charge >= 0.3 is 5.97 Å². The maximum atomic E-state index is 12.4. The number of ether oxygens (including phenoxy) is 2. The second-order valence-corrected chi connectivity index (χ2v) is 7.34. The Morgan fingerprint density at radius 1 is 0.733 bits per heavy atom. The van der Waals surface area contributed by atoms with E-state index in [4.69, 9.17) is 9.47 Å². The third-order valence-corrected chi connectivity index (χ3v) is 4.97. The average Bonchev–Trinajstić information content (AvgIpc) is 2.80. The first-order chi connectivity index (χ1) is 14.8. The molecule has 3 heteroatoms. The summed E-state index contributed by atoms with van der Waals surface area (Å²) in [5.41, 5.74) is 2.67. The minimum Gasteiger partial charge on any atom is -0.494 e. The van der Waals surface area contributed by atoms with Crippen molar-refractivity contribution in [3.05, 3.63) is 84.4 Å². The Balaban J connectivity index is 1.45. The molecule has 0 heterocycles. The number of rotatable bonds is 11. The van der Waals surface area contributed by atoms with Gasteiger partial charge in [-0.1, -0.05) is 75.4 Å². The molecule has 0 aromatic heterocycles. The van der Waals surface area contributed by atoms with E-state index < -0.39 is 0 Å². The number of carbonyl (C=O) groups is 1. The fraction of sp³-hybridized carbons (Fsp3) is 0.296. The lowest BCUT2D eigenvalue weighted by Crippen LogP contribution is -2.08. The molecule has 0 fully saturated rings. The Bertz CT molecular complexity index is 884. The Labute approximate surface area is 179 Å². The fourth-order valence-corrected chi connectivity index (χ4v) is 3.22. The van der Waals surface area contributed by atoms with Gasteiger partial charge in [-0.15, -0.1) is 0 Å². The van der Waals surface area contributed by atoms with Gasteiger partial charge in [-0.2, -0.15) is 0 Å². The van der Waals surface area contributed by atoms with Crippen molar-refractivity contribution in [2.75, 3.05) is 6.61 Å². The van der Waals surface area contributed by atoms with Gasteiger partial charge in [0.2, 0.25) is 0 Å². The molecule has 3 nitrogen and oxygen atoms in total. The lowest BCUT2D eigenvalue weighted by atomic mass is 10.1. The number of carbonyl (C=O) groups excluding carboxylic acids is 1. The Morgan fingerprint density at radius 3 is 2.03 bits per heavy atom. The van der Waals surface area contributed by atoms with Gasteiger partial charge in [0, 0.05) is 0 Å². The summed E-state index contributed by atoms with van der Waals surface area (Å²) >= 11 is 0. The Kier molecular flexibility index (Phi) is 8.52. The van der Waals surface area contributed by atoms with Crippen LogP contribution >= 0.6 is 0 Å². The smallest absolute Gasteiger partial charge is 0.343 e. The van der Waals surface area contributed by atoms with Crippen LogP contribution in [0.5, 0.6) is 11.5 Å². The van der Waals surface area contributed by atoms with Crippen molar-refractivity contribution in [2.24, 2.45) is 0 Å². The van der Waals surface area contributed by atoms with Crippen molar-refractivity contribution < 1.29 is 14.3 Å². The Hall–Kier alpha value is -3.07. The summed E-state index contributed by atoms with van der Waals surface area (Å²) in [5, 5.41) is 0. The highest BCUT2D eigenvalue weighted by molar-refractivity contribution is 5.91. The zero-order chi connectivity index (χ0) is 21.0. The first-order valence-corrected chi connectivity index (χ1v) is 10.8. The zero-order valence-corrected chi connectivity index (χ0v) is 17.6. The highest BCUT2D eigenvalue weighted by atomic mass is 16.5. The molecule has 3 rings (SSSR count). The molecule has 0 saturated carbocycles. The average molecular weight is 402 g/mol. The lowest BCUT2D eigenvalue weighted by Gasteiger charge is -2.08. The molecule has 0 aliphatic rings. The molecular formula is C27H29O3. The molecule has 1 radical (unpaired) electrons. The summed E-state index contributed by atoms with van der Waals surface area (Å²) < 4.78 is 11.3. The van der Waals surface area contributed by atoms with Crippen LogP contribution in [0.3, 0.4) is 0 Å². The first kappa shape index (κ1) is 21.6. The molecule has 0 spiro atoms. The molecule has 0 unspecified atom stereocenters. The van der Waals surface area contributed by atoms with E-state index in [1.807, 2.05) is 60.7 Å². The van der Waals surface area contributed by atoms with E-state index in [1.165, 1.54) is 32.1 Å². The van der Waals surface area contributed by atoms with E-state index in [0.29, 0.717) is 17.9 Å². The summed E-state index contributed by atoms with van der Waals surface area (Å²) in [7, 11) is 0. The minimum atomic E-state index is -0.375. The van der Waals surface area contributed by atoms with Gasteiger partial charge in [0.25, 0.3) is 0 Å². The largest absolute Gasteiger partial charge is 0.494 e. The molecule has 0 amide bonds. The van der Waals surface area contributed by atoms with Gasteiger partial charge < -0.3 is 9.47 Å². The molecule has 0 bridgehead atoms. The highest BCUT2D eigenvalue weighted by Gasteiger charge is 2.09. The second kappa shape index (κ2) is 11.8. The van der Waals surface area contributed by atoms with Crippen LogP contribution in [0.2, 0.25) is 0 Å². The lowest BCUT2D eigenvalue weighted by molar-refractivity contribution is 0.0734. The molecule has 155 valence electrons. The van der Waals surface area contributed by atoms with E-state index in [2.05, 4.69) is 13.0 Å². The van der Waals surface area contributed by atoms with Crippen LogP contribution < -0.4 is 9.47 Å². The summed E-state index contributed by atoms with van der Waals surface area (Å²) in [6.45, 7) is 2.94. The van der Waals surface area contributed by atoms with Gasteiger partial charge in [0.15, 0.2) is 0 Å². The van der Waals surface area contributed by atoms with Crippen molar-refractivity contribution >= 4 is 5.97 Å². The van der Waals surface area contributed by atoms with E-state index in [1.54, 1.807) is 12.1 Å². The molecule has 0 saturated heterocycles. The molecule has 0 atom stereocenters. The van der Waals surface area contributed by atoms with Gasteiger partial charge in [0.1, 0.15) is 11.5 Å². The summed E-state index contributed by atoms with van der Waals surface area (Å²) in [4.78, 5) is 12.4. The van der Waals surface area contributed by atoms with Crippen molar-refractivity contribution in [1.29, 1.82) is 0 Å². The maximum absolute atomic E-state index is 12.4. The summed E-state index contributed by atoms with van der Waals surface area (Å²) in [6, 6.07) is 25.4. The second-order valence-electron chi connectivity index (χ2n) is 7.34. The van der Waals surface area contributed by atoms with Crippen molar-refractivity contribution in [3.8, 4) is 22.6 Å². The molecule has 0 aliphatic heterocycles. The number of esters is 1. The van der Waals surface area contributed by atoms with E-state index in [0.717, 1.165) is 23.3 Å². The van der Waals surface area contributed by atoms with Crippen LogP contribution in [0.15, 0.2) is 72.8 Å². The van der Waals surface area contributed by atoms with E-state index in [9.17, 15) is 4.79 Å². The minimum absolute atomic E-state index is 0.375. The van der Waals surface area contributed by atoms with Crippen molar-refractivity contribution in [3.63, 3.8) is 0 Å². The number of benzene rings is 3. The molecule has 3 aromatic carbocycles. The van der Waals surface area contributed by atoms with Crippen LogP contribution in [-0.2, 0) is 0 Å². The van der Waals surface area contributed by atoms with E-state index in [-0.39, 0.29) is 5.97 Å². The fourth-order valence-electron chi connectivity index (χ4n) is 3.22. The predicted octanol–water partition coefficient (Wildman–Crippen LogP) is 7.11. The zero-order valence-electron chi connectivity index (χ0n) is 17.6. The van der Waals surface area contributed by atoms with Crippen LogP contribution in [0.4, 0.5) is 0 Å². The van der Waals surface area contributed by atoms with Gasteiger partial charge in [-0.05, 0) is 60.0 Å². The quantitative estimate of drug-likeness (QED) is 0.195. The standard InChI is InChI=1S/C27H29O3/c1-2-3-4-5-6-10-21-29-25-17-15-24(16-18-25)27(28)30-26-19-13-23(14-20-26)22-11-8-7-9-12-22/h8-9,11-20H,2-6,10,21H2,1H3. The number of unbranched alkanes of at least 4 members (excludes halogenated alkanes) is 5. The maximum Gasteiger partial charge on any atom is 0.343 e. The van der Waals surface area contributed by atoms with Gasteiger partial charge in [-0.25, -0.2) is 4.79 Å². The highest BCUT2D eigenvalue weighted by Crippen LogP contribution is 2.23. The van der Waals surface area contributed by atoms with Crippen LogP contribution in [0, 0.1) is 6.07 Å². The molecule has 0 N–H and O–H groups in total. The number of hydrogen-bond acceptors (Lipinski definition) is 3. The third-order valence-electron chi connectivity index (χ3n) is 4.97. The van der Waals surface area contributed by atoms with Crippen molar-refractivity contribution in [2.45, 2.75) is 45.4 Å². The summed E-state index contributed by atoms with van der Waals surface area (Å²) in [6.07, 6.45) is 7.42. The number of hydrogen-bond donors (Lipinski definition) is 0. The van der Waals surface area contributed by atoms with Crippen LogP contribution in [-0.4, -0.2) is 12.6 Å². The van der Waals surface area contributed by atoms with Crippen LogP contribution in [0.25, 0.3) is 11.1 Å². The van der Waals surface area contributed by atoms with Gasteiger partial charge in [-0.3, -0.25) is 0 Å². The molecular weight excluding hydrogens is 372 g/mol. The summed E-state index contributed by atoms with van der Waals surface area (Å²) in [5.74, 6) is 0.929. The topological polar surface area (TPSA) is 35.5 Å². The molecule has 0 aliphatic carbocycles. The Morgan fingerprint density at radius 2 is 1.33 bits per heavy atom. The van der Waals surface area contributed by atoms with E-state index >= 15 is 0 Å². The molecule has 3 aromatic rings. The van der Waals surface area contributed by atoms with Gasteiger partial charge in [0.05, 0.1) is 12.2 Å².